The number of nitrogens with zero attached hydrogens (tertiary/aromatic N) is 1. The van der Waals surface area contributed by atoms with Crippen molar-refractivity contribution in [3.63, 3.8) is 0 Å². The van der Waals surface area contributed by atoms with Crippen LogP contribution in [0.3, 0.4) is 0 Å². The fourth-order valence-corrected chi connectivity index (χ4v) is 1.99. The van der Waals surface area contributed by atoms with Crippen LogP contribution in [0.5, 0.6) is 0 Å². The van der Waals surface area contributed by atoms with Crippen LogP contribution in [0, 0.1) is 0 Å². The summed E-state index contributed by atoms with van der Waals surface area (Å²) in [4.78, 5) is 25.3. The van der Waals surface area contributed by atoms with Gasteiger partial charge >= 0.3 is 6.18 Å². The first-order valence-corrected chi connectivity index (χ1v) is 7.66. The molecule has 0 fully saturated rings. The molecule has 0 spiro atoms. The van der Waals surface area contributed by atoms with Gasteiger partial charge in [-0.2, -0.15) is 13.2 Å². The third-order valence-corrected chi connectivity index (χ3v) is 3.56. The van der Waals surface area contributed by atoms with Gasteiger partial charge < -0.3 is 10.6 Å². The number of nitrogens with one attached hydrogen (secondary N) is 2. The molecule has 0 aliphatic rings. The smallest absolute Gasteiger partial charge is 0.351 e. The lowest BCUT2D eigenvalue weighted by atomic mass is 10.1. The number of carbonyl (C=O) groups excluding carboxylic acids is 2. The van der Waals surface area contributed by atoms with Gasteiger partial charge in [0, 0.05) is 18.7 Å². The number of benzene rings is 1. The Labute approximate surface area is 144 Å². The summed E-state index contributed by atoms with van der Waals surface area (Å²) in [7, 11) is 1.78. The van der Waals surface area contributed by atoms with Crippen molar-refractivity contribution in [1.29, 1.82) is 0 Å². The Morgan fingerprint density at radius 3 is 2.36 bits per heavy atom. The van der Waals surface area contributed by atoms with Crippen LogP contribution in [0.1, 0.15) is 22.8 Å². The molecule has 138 valence electrons. The molecule has 2 N–H and O–H groups in total. The Kier molecular flexibility index (Phi) is 7.63. The number of hydrogen-bond acceptors (Lipinski definition) is 3. The molecule has 1 aromatic carbocycles. The van der Waals surface area contributed by atoms with E-state index in [4.69, 9.17) is 0 Å². The summed E-state index contributed by atoms with van der Waals surface area (Å²) in [6.07, 6.45) is -2.85. The molecule has 0 heterocycles. The van der Waals surface area contributed by atoms with Gasteiger partial charge in [-0.3, -0.25) is 14.5 Å². The maximum absolute atomic E-state index is 12.1. The average Bonchev–Trinajstić information content (AvgIpc) is 2.56. The van der Waals surface area contributed by atoms with Crippen molar-refractivity contribution in [2.75, 3.05) is 20.1 Å². The number of rotatable bonds is 8. The van der Waals surface area contributed by atoms with Crippen LogP contribution in [-0.4, -0.2) is 49.1 Å². The molecule has 8 heteroatoms. The molecule has 0 radical (unpaired) electrons. The van der Waals surface area contributed by atoms with Gasteiger partial charge in [-0.1, -0.05) is 18.2 Å². The van der Waals surface area contributed by atoms with Crippen LogP contribution >= 0.6 is 0 Å². The van der Waals surface area contributed by atoms with Crippen molar-refractivity contribution < 1.29 is 22.8 Å². The maximum atomic E-state index is 12.1. The third-order valence-electron chi connectivity index (χ3n) is 3.56. The minimum Gasteiger partial charge on any atom is -0.351 e. The summed E-state index contributed by atoms with van der Waals surface area (Å²) < 4.78 is 36.3. The fourth-order valence-electron chi connectivity index (χ4n) is 1.99. The molecule has 2 amide bonds. The zero-order valence-corrected chi connectivity index (χ0v) is 14.2. The highest BCUT2D eigenvalue weighted by atomic mass is 19.4. The van der Waals surface area contributed by atoms with Crippen molar-refractivity contribution in [3.8, 4) is 0 Å². The molecule has 25 heavy (non-hydrogen) atoms. The van der Waals surface area contributed by atoms with Gasteiger partial charge in [0.15, 0.2) is 0 Å². The Morgan fingerprint density at radius 1 is 1.24 bits per heavy atom. The van der Waals surface area contributed by atoms with Crippen LogP contribution < -0.4 is 10.6 Å². The van der Waals surface area contributed by atoms with Crippen LogP contribution in [0.4, 0.5) is 13.2 Å². The van der Waals surface area contributed by atoms with Gasteiger partial charge in [-0.05, 0) is 31.7 Å². The SMILES string of the molecule is C=CCNC(=O)[C@H](C)N(C)Cc1ccc(C(=O)NCC(F)(F)F)cc1. The van der Waals surface area contributed by atoms with Crippen LogP contribution in [0.15, 0.2) is 36.9 Å². The predicted molar refractivity (Wildman–Crippen MR) is 89.0 cm³/mol. The summed E-state index contributed by atoms with van der Waals surface area (Å²) >= 11 is 0. The van der Waals surface area contributed by atoms with E-state index in [1.807, 2.05) is 10.2 Å². The summed E-state index contributed by atoms with van der Waals surface area (Å²) in [6.45, 7) is 4.76. The lowest BCUT2D eigenvalue weighted by Gasteiger charge is -2.23. The molecule has 1 rings (SSSR count). The molecule has 0 saturated heterocycles. The molecular weight excluding hydrogens is 335 g/mol. The Morgan fingerprint density at radius 2 is 1.84 bits per heavy atom. The molecular formula is C17H22F3N3O2. The number of halogens is 3. The number of amides is 2. The highest BCUT2D eigenvalue weighted by Crippen LogP contribution is 2.13. The van der Waals surface area contributed by atoms with E-state index in [2.05, 4.69) is 11.9 Å². The largest absolute Gasteiger partial charge is 0.405 e. The van der Waals surface area contributed by atoms with Gasteiger partial charge in [0.05, 0.1) is 6.04 Å². The fraction of sp³-hybridized carbons (Fsp3) is 0.412. The van der Waals surface area contributed by atoms with E-state index < -0.39 is 18.6 Å². The second-order valence-electron chi connectivity index (χ2n) is 5.62. The molecule has 1 atom stereocenters. The highest BCUT2D eigenvalue weighted by molar-refractivity contribution is 5.94. The van der Waals surface area contributed by atoms with Crippen molar-refractivity contribution in [1.82, 2.24) is 15.5 Å². The predicted octanol–water partition coefficient (Wildman–Crippen LogP) is 2.10. The zero-order chi connectivity index (χ0) is 19.0. The first-order valence-electron chi connectivity index (χ1n) is 7.66. The molecule has 0 unspecified atom stereocenters. The average molecular weight is 357 g/mol. The molecule has 0 aromatic heterocycles. The van der Waals surface area contributed by atoms with Gasteiger partial charge in [0.1, 0.15) is 6.54 Å². The van der Waals surface area contributed by atoms with E-state index in [-0.39, 0.29) is 17.5 Å². The molecule has 0 bridgehead atoms. The van der Waals surface area contributed by atoms with Crippen LogP contribution in [-0.2, 0) is 11.3 Å². The second-order valence-corrected chi connectivity index (χ2v) is 5.62. The molecule has 1 aromatic rings. The number of likely N-dealkylation sites (N-methyl/N-ethyl adjacent to an activating group) is 1. The van der Waals surface area contributed by atoms with Crippen LogP contribution in [0.2, 0.25) is 0 Å². The van der Waals surface area contributed by atoms with Crippen molar-refractivity contribution >= 4 is 11.8 Å². The number of hydrogen-bond donors (Lipinski definition) is 2. The van der Waals surface area contributed by atoms with E-state index in [0.29, 0.717) is 13.1 Å². The van der Waals surface area contributed by atoms with E-state index in [1.54, 1.807) is 32.2 Å². The summed E-state index contributed by atoms with van der Waals surface area (Å²) in [5.74, 6) is -0.917. The van der Waals surface area contributed by atoms with E-state index in [1.165, 1.54) is 12.1 Å². The molecule has 5 nitrogen and oxygen atoms in total. The molecule has 0 aliphatic heterocycles. The van der Waals surface area contributed by atoms with Gasteiger partial charge in [-0.15, -0.1) is 6.58 Å². The van der Waals surface area contributed by atoms with Gasteiger partial charge in [0.25, 0.3) is 5.91 Å². The van der Waals surface area contributed by atoms with E-state index in [0.717, 1.165) is 5.56 Å². The number of carbonyl (C=O) groups is 2. The van der Waals surface area contributed by atoms with Crippen molar-refractivity contribution in [3.05, 3.63) is 48.0 Å². The first kappa shape index (κ1) is 20.7. The Hall–Kier alpha value is -2.35. The molecule has 0 saturated carbocycles. The lowest BCUT2D eigenvalue weighted by molar-refractivity contribution is -0.125. The Bertz CT molecular complexity index is 600. The van der Waals surface area contributed by atoms with Crippen LogP contribution in [0.25, 0.3) is 0 Å². The van der Waals surface area contributed by atoms with Gasteiger partial charge in [0.2, 0.25) is 5.91 Å². The first-order chi connectivity index (χ1) is 11.6. The maximum Gasteiger partial charge on any atom is 0.405 e. The van der Waals surface area contributed by atoms with Crippen molar-refractivity contribution in [2.45, 2.75) is 25.7 Å². The third kappa shape index (κ3) is 7.38. The molecule has 0 aliphatic carbocycles. The lowest BCUT2D eigenvalue weighted by Crippen LogP contribution is -2.42. The minimum absolute atomic E-state index is 0.134. The zero-order valence-electron chi connectivity index (χ0n) is 14.2. The standard InChI is InChI=1S/C17H22F3N3O2/c1-4-9-21-15(24)12(2)23(3)10-13-5-7-14(8-6-13)16(25)22-11-17(18,19)20/h4-8,12H,1,9-11H2,2-3H3,(H,21,24)(H,22,25)/t12-/m0/s1. The topological polar surface area (TPSA) is 61.4 Å². The summed E-state index contributed by atoms with van der Waals surface area (Å²) in [5, 5.41) is 4.52. The highest BCUT2D eigenvalue weighted by Gasteiger charge is 2.27. The minimum atomic E-state index is -4.44. The Balaban J connectivity index is 2.59. The van der Waals surface area contributed by atoms with E-state index >= 15 is 0 Å². The van der Waals surface area contributed by atoms with Crippen molar-refractivity contribution in [2.24, 2.45) is 0 Å². The number of alkyl halides is 3. The quantitative estimate of drug-likeness (QED) is 0.701. The normalized spacial score (nSPS) is 12.6. The summed E-state index contributed by atoms with van der Waals surface area (Å²) in [5.41, 5.74) is 0.977. The summed E-state index contributed by atoms with van der Waals surface area (Å²) in [6, 6.07) is 5.84. The second kappa shape index (κ2) is 9.22. The van der Waals surface area contributed by atoms with Gasteiger partial charge in [-0.25, -0.2) is 0 Å². The monoisotopic (exact) mass is 357 g/mol. The van der Waals surface area contributed by atoms with E-state index in [9.17, 15) is 22.8 Å².